The van der Waals surface area contributed by atoms with Gasteiger partial charge in [0.2, 0.25) is 0 Å². The summed E-state index contributed by atoms with van der Waals surface area (Å²) in [6, 6.07) is 1.34. The fourth-order valence-electron chi connectivity index (χ4n) is 1.73. The molecule has 0 N–H and O–H groups in total. The summed E-state index contributed by atoms with van der Waals surface area (Å²) >= 11 is 6.00. The number of halogens is 1. The average Bonchev–Trinajstić information content (AvgIpc) is 2.38. The largest absolute Gasteiger partial charge is 0.496 e. The van der Waals surface area contributed by atoms with Gasteiger partial charge in [-0.1, -0.05) is 11.6 Å². The summed E-state index contributed by atoms with van der Waals surface area (Å²) in [5.74, 6) is -1.09. The van der Waals surface area contributed by atoms with Crippen molar-refractivity contribution >= 4 is 23.4 Å². The number of hydrogen-bond acceptors (Lipinski definition) is 5. The molecule has 1 aromatic rings. The zero-order chi connectivity index (χ0) is 14.6. The van der Waals surface area contributed by atoms with Gasteiger partial charge in [-0.05, 0) is 19.9 Å². The van der Waals surface area contributed by atoms with Crippen LogP contribution in [-0.4, -0.2) is 32.6 Å². The molecule has 0 unspecified atom stereocenters. The van der Waals surface area contributed by atoms with E-state index >= 15 is 0 Å². The highest BCUT2D eigenvalue weighted by Crippen LogP contribution is 2.38. The predicted octanol–water partition coefficient (Wildman–Crippen LogP) is 2.41. The topological polar surface area (TPSA) is 61.8 Å². The summed E-state index contributed by atoms with van der Waals surface area (Å²) in [6.45, 7) is 3.43. The van der Waals surface area contributed by atoms with Gasteiger partial charge in [-0.25, -0.2) is 4.79 Å². The van der Waals surface area contributed by atoms with Gasteiger partial charge in [0.05, 0.1) is 31.4 Å². The van der Waals surface area contributed by atoms with E-state index in [2.05, 4.69) is 4.74 Å². The molecule has 0 aliphatic carbocycles. The lowest BCUT2D eigenvalue weighted by Crippen LogP contribution is -2.18. The lowest BCUT2D eigenvalue weighted by Gasteiger charge is -2.14. The molecule has 19 heavy (non-hydrogen) atoms. The van der Waals surface area contributed by atoms with Crippen molar-refractivity contribution in [2.24, 2.45) is 0 Å². The molecule has 0 aromatic heterocycles. The molecule has 0 spiro atoms. The number of ether oxygens (including phenoxy) is 3. The number of esters is 1. The van der Waals surface area contributed by atoms with Gasteiger partial charge in [-0.15, -0.1) is 0 Å². The second-order valence-corrected chi connectivity index (χ2v) is 4.05. The van der Waals surface area contributed by atoms with Crippen molar-refractivity contribution in [3.8, 4) is 11.5 Å². The molecule has 6 heteroatoms. The summed E-state index contributed by atoms with van der Waals surface area (Å²) in [5, 5.41) is 0.230. The van der Waals surface area contributed by atoms with Gasteiger partial charge in [-0.3, -0.25) is 4.79 Å². The monoisotopic (exact) mass is 286 g/mol. The van der Waals surface area contributed by atoms with Crippen LogP contribution < -0.4 is 9.47 Å². The second kappa shape index (κ2) is 6.43. The van der Waals surface area contributed by atoms with Gasteiger partial charge >= 0.3 is 5.97 Å². The molecule has 1 aromatic carbocycles. The van der Waals surface area contributed by atoms with Crippen LogP contribution in [0.25, 0.3) is 0 Å². The van der Waals surface area contributed by atoms with Crippen molar-refractivity contribution in [2.75, 3.05) is 20.8 Å². The average molecular weight is 287 g/mol. The molecule has 0 saturated heterocycles. The maximum absolute atomic E-state index is 12.0. The third-order valence-electron chi connectivity index (χ3n) is 2.53. The molecule has 0 amide bonds. The number of benzene rings is 1. The van der Waals surface area contributed by atoms with E-state index in [1.54, 1.807) is 13.8 Å². The number of carbonyl (C=O) groups excluding carboxylic acids is 2. The number of rotatable bonds is 5. The molecule has 0 aliphatic heterocycles. The van der Waals surface area contributed by atoms with Gasteiger partial charge in [0.1, 0.15) is 11.5 Å². The SMILES string of the molecule is CCOC(=O)C(=O)c1cc(Cl)c(OC)c(C)c1OC. The highest BCUT2D eigenvalue weighted by atomic mass is 35.5. The molecule has 0 radical (unpaired) electrons. The quantitative estimate of drug-likeness (QED) is 0.472. The summed E-state index contributed by atoms with van der Waals surface area (Å²) in [6.07, 6.45) is 0. The van der Waals surface area contributed by atoms with Gasteiger partial charge in [0, 0.05) is 5.56 Å². The van der Waals surface area contributed by atoms with Crippen molar-refractivity contribution < 1.29 is 23.8 Å². The second-order valence-electron chi connectivity index (χ2n) is 3.65. The first-order valence-electron chi connectivity index (χ1n) is 5.60. The lowest BCUT2D eigenvalue weighted by atomic mass is 10.0. The summed E-state index contributed by atoms with van der Waals surface area (Å²) in [4.78, 5) is 23.5. The van der Waals surface area contributed by atoms with Crippen molar-refractivity contribution in [1.29, 1.82) is 0 Å². The molecule has 0 fully saturated rings. The standard InChI is InChI=1S/C13H15ClO5/c1-5-19-13(16)10(15)8-6-9(14)12(18-4)7(2)11(8)17-3/h6H,5H2,1-4H3. The van der Waals surface area contributed by atoms with Crippen LogP contribution in [0.3, 0.4) is 0 Å². The highest BCUT2D eigenvalue weighted by Gasteiger charge is 2.25. The molecule has 104 valence electrons. The Hall–Kier alpha value is -1.75. The zero-order valence-corrected chi connectivity index (χ0v) is 12.0. The summed E-state index contributed by atoms with van der Waals surface area (Å²) in [7, 11) is 2.86. The van der Waals surface area contributed by atoms with Gasteiger partial charge in [0.25, 0.3) is 5.78 Å². The van der Waals surface area contributed by atoms with Crippen LogP contribution >= 0.6 is 11.6 Å². The Balaban J connectivity index is 3.36. The van der Waals surface area contributed by atoms with E-state index in [9.17, 15) is 9.59 Å². The number of methoxy groups -OCH3 is 2. The molecule has 0 heterocycles. The molecule has 0 saturated carbocycles. The van der Waals surface area contributed by atoms with Crippen LogP contribution in [0, 0.1) is 6.92 Å². The Kier molecular flexibility index (Phi) is 5.18. The minimum Gasteiger partial charge on any atom is -0.496 e. The third-order valence-corrected chi connectivity index (χ3v) is 2.81. The van der Waals surface area contributed by atoms with Gasteiger partial charge in [0.15, 0.2) is 0 Å². The first-order chi connectivity index (χ1) is 8.97. The predicted molar refractivity (Wildman–Crippen MR) is 70.3 cm³/mol. The van der Waals surface area contributed by atoms with E-state index in [-0.39, 0.29) is 22.9 Å². The maximum atomic E-state index is 12.0. The van der Waals surface area contributed by atoms with Crippen molar-refractivity contribution in [1.82, 2.24) is 0 Å². The highest BCUT2D eigenvalue weighted by molar-refractivity contribution is 6.42. The maximum Gasteiger partial charge on any atom is 0.379 e. The summed E-state index contributed by atoms with van der Waals surface area (Å²) in [5.41, 5.74) is 0.606. The molecular formula is C13H15ClO5. The molecule has 0 atom stereocenters. The van der Waals surface area contributed by atoms with Crippen LogP contribution in [0.15, 0.2) is 6.07 Å². The van der Waals surface area contributed by atoms with Crippen molar-refractivity contribution in [3.05, 3.63) is 22.2 Å². The molecule has 0 aliphatic rings. The molecule has 5 nitrogen and oxygen atoms in total. The number of hydrogen-bond donors (Lipinski definition) is 0. The minimum atomic E-state index is -0.943. The first-order valence-corrected chi connectivity index (χ1v) is 5.98. The fraction of sp³-hybridized carbons (Fsp3) is 0.385. The van der Waals surface area contributed by atoms with Gasteiger partial charge in [-0.2, -0.15) is 0 Å². The van der Waals surface area contributed by atoms with Gasteiger partial charge < -0.3 is 14.2 Å². The number of carbonyl (C=O) groups is 2. The van der Waals surface area contributed by atoms with Crippen LogP contribution in [0.5, 0.6) is 11.5 Å². The Morgan fingerprint density at radius 2 is 1.79 bits per heavy atom. The van der Waals surface area contributed by atoms with Crippen LogP contribution in [0.1, 0.15) is 22.8 Å². The zero-order valence-electron chi connectivity index (χ0n) is 11.2. The smallest absolute Gasteiger partial charge is 0.379 e. The molecular weight excluding hydrogens is 272 g/mol. The van der Waals surface area contributed by atoms with Crippen LogP contribution in [0.4, 0.5) is 0 Å². The van der Waals surface area contributed by atoms with Crippen molar-refractivity contribution in [2.45, 2.75) is 13.8 Å². The lowest BCUT2D eigenvalue weighted by molar-refractivity contribution is -0.137. The van der Waals surface area contributed by atoms with E-state index in [4.69, 9.17) is 21.1 Å². The van der Waals surface area contributed by atoms with E-state index in [0.717, 1.165) is 0 Å². The van der Waals surface area contributed by atoms with Crippen LogP contribution in [-0.2, 0) is 9.53 Å². The fourth-order valence-corrected chi connectivity index (χ4v) is 2.06. The first kappa shape index (κ1) is 15.3. The third kappa shape index (κ3) is 2.98. The van der Waals surface area contributed by atoms with E-state index in [0.29, 0.717) is 11.3 Å². The Bertz CT molecular complexity index is 510. The number of Topliss-reactive ketones (excluding diaryl/α,β-unsaturated/α-hetero) is 1. The summed E-state index contributed by atoms with van der Waals surface area (Å²) < 4.78 is 15.0. The normalized spacial score (nSPS) is 9.95. The number of ketones is 1. The van der Waals surface area contributed by atoms with Crippen LogP contribution in [0.2, 0.25) is 5.02 Å². The van der Waals surface area contributed by atoms with Crippen molar-refractivity contribution in [3.63, 3.8) is 0 Å². The van der Waals surface area contributed by atoms with E-state index in [1.165, 1.54) is 20.3 Å². The minimum absolute atomic E-state index is 0.0595. The van der Waals surface area contributed by atoms with E-state index < -0.39 is 11.8 Å². The molecule has 0 bridgehead atoms. The Morgan fingerprint density at radius 3 is 2.26 bits per heavy atom. The Labute approximate surface area is 116 Å². The van der Waals surface area contributed by atoms with E-state index in [1.807, 2.05) is 0 Å². The Morgan fingerprint density at radius 1 is 1.21 bits per heavy atom. The molecule has 1 rings (SSSR count).